The van der Waals surface area contributed by atoms with Gasteiger partial charge in [-0.2, -0.15) is 0 Å². The summed E-state index contributed by atoms with van der Waals surface area (Å²) < 4.78 is 26.4. The smallest absolute Gasteiger partial charge is 0.290 e. The van der Waals surface area contributed by atoms with Gasteiger partial charge in [0.2, 0.25) is 0 Å². The molecule has 0 N–H and O–H groups in total. The maximum absolute atomic E-state index is 11.6. The summed E-state index contributed by atoms with van der Waals surface area (Å²) in [6.45, 7) is 3.47. The van der Waals surface area contributed by atoms with Gasteiger partial charge in [-0.05, 0) is 13.8 Å². The molecule has 1 heterocycles. The van der Waals surface area contributed by atoms with Crippen molar-refractivity contribution in [2.75, 3.05) is 7.11 Å². The first-order chi connectivity index (χ1) is 5.93. The van der Waals surface area contributed by atoms with E-state index in [0.717, 1.165) is 0 Å². The third-order valence-corrected chi connectivity index (χ3v) is 3.52. The van der Waals surface area contributed by atoms with Gasteiger partial charge in [0.1, 0.15) is 5.60 Å². The zero-order valence-electron chi connectivity index (χ0n) is 7.94. The van der Waals surface area contributed by atoms with Crippen LogP contribution in [0.3, 0.4) is 0 Å². The number of hydrogen-bond acceptors (Lipinski definition) is 4. The van der Waals surface area contributed by atoms with Crippen LogP contribution in [0.15, 0.2) is 0 Å². The Morgan fingerprint density at radius 3 is 2.85 bits per heavy atom. The first kappa shape index (κ1) is 10.7. The molecule has 13 heavy (non-hydrogen) atoms. The second kappa shape index (κ2) is 3.43. The molecule has 74 valence electrons. The molecule has 0 saturated carbocycles. The minimum absolute atomic E-state index is 0.222. The number of hydrogen-bond donors (Lipinski definition) is 0. The van der Waals surface area contributed by atoms with Crippen molar-refractivity contribution in [1.82, 2.24) is 0 Å². The van der Waals surface area contributed by atoms with Gasteiger partial charge < -0.3 is 0 Å². The molecule has 1 saturated heterocycles. The van der Waals surface area contributed by atoms with E-state index < -0.39 is 13.4 Å². The molecule has 1 aliphatic rings. The van der Waals surface area contributed by atoms with Crippen LogP contribution in [0.5, 0.6) is 0 Å². The second-order valence-corrected chi connectivity index (χ2v) is 4.87. The topological polar surface area (TPSA) is 44.8 Å². The van der Waals surface area contributed by atoms with Gasteiger partial charge in [-0.15, -0.1) is 6.42 Å². The Hall–Kier alpha value is -0.330. The largest absolute Gasteiger partial charge is 0.476 e. The molecule has 1 aliphatic heterocycles. The molecule has 1 fully saturated rings. The minimum Gasteiger partial charge on any atom is -0.290 e. The van der Waals surface area contributed by atoms with E-state index in [1.807, 2.05) is 0 Å². The standard InChI is InChI=1S/C8H13O4P/c1-5-8(3)6-7(2)11-13(9,10-4)12-8/h1,7H,6H2,2-4H3. The first-order valence-corrected chi connectivity index (χ1v) is 5.42. The summed E-state index contributed by atoms with van der Waals surface area (Å²) in [6, 6.07) is 0. The Labute approximate surface area is 78.2 Å². The van der Waals surface area contributed by atoms with E-state index in [0.29, 0.717) is 6.42 Å². The lowest BCUT2D eigenvalue weighted by Crippen LogP contribution is -2.36. The molecule has 0 aliphatic carbocycles. The number of phosphoric acid groups is 1. The summed E-state index contributed by atoms with van der Waals surface area (Å²) in [4.78, 5) is 0. The molecule has 0 radical (unpaired) electrons. The zero-order chi connectivity index (χ0) is 10.1. The van der Waals surface area contributed by atoms with Crippen LogP contribution in [0.2, 0.25) is 0 Å². The summed E-state index contributed by atoms with van der Waals surface area (Å²) in [5.74, 6) is 2.45. The lowest BCUT2D eigenvalue weighted by Gasteiger charge is -2.36. The summed E-state index contributed by atoms with van der Waals surface area (Å²) in [6.07, 6.45) is 5.56. The van der Waals surface area contributed by atoms with Crippen molar-refractivity contribution in [3.63, 3.8) is 0 Å². The third kappa shape index (κ3) is 2.32. The second-order valence-electron chi connectivity index (χ2n) is 3.22. The van der Waals surface area contributed by atoms with Crippen LogP contribution in [0.25, 0.3) is 0 Å². The summed E-state index contributed by atoms with van der Waals surface area (Å²) >= 11 is 0. The lowest BCUT2D eigenvalue weighted by atomic mass is 10.0. The highest BCUT2D eigenvalue weighted by molar-refractivity contribution is 7.48. The Bertz CT molecular complexity index is 282. The van der Waals surface area contributed by atoms with Crippen molar-refractivity contribution >= 4 is 7.82 Å². The monoisotopic (exact) mass is 204 g/mol. The molecule has 0 aromatic carbocycles. The van der Waals surface area contributed by atoms with Gasteiger partial charge in [-0.25, -0.2) is 4.57 Å². The molecular weight excluding hydrogens is 191 g/mol. The fourth-order valence-electron chi connectivity index (χ4n) is 1.28. The molecule has 0 aromatic rings. The van der Waals surface area contributed by atoms with Gasteiger partial charge in [-0.1, -0.05) is 5.92 Å². The van der Waals surface area contributed by atoms with Gasteiger partial charge in [-0.3, -0.25) is 13.6 Å². The van der Waals surface area contributed by atoms with Crippen LogP contribution >= 0.6 is 7.82 Å². The molecule has 0 spiro atoms. The Kier molecular flexibility index (Phi) is 2.84. The van der Waals surface area contributed by atoms with Crippen molar-refractivity contribution in [2.24, 2.45) is 0 Å². The van der Waals surface area contributed by atoms with E-state index >= 15 is 0 Å². The number of rotatable bonds is 1. The van der Waals surface area contributed by atoms with Crippen molar-refractivity contribution in [3.05, 3.63) is 0 Å². The Morgan fingerprint density at radius 1 is 1.77 bits per heavy atom. The number of terminal acetylenes is 1. The van der Waals surface area contributed by atoms with Crippen LogP contribution in [0.4, 0.5) is 0 Å². The Balaban J connectivity index is 2.88. The molecule has 0 amide bonds. The van der Waals surface area contributed by atoms with Crippen LogP contribution < -0.4 is 0 Å². The number of phosphoric ester groups is 1. The highest BCUT2D eigenvalue weighted by Crippen LogP contribution is 2.57. The SMILES string of the molecule is C#CC1(C)CC(C)OP(=O)(OC)O1. The van der Waals surface area contributed by atoms with E-state index in [4.69, 9.17) is 15.5 Å². The van der Waals surface area contributed by atoms with E-state index in [-0.39, 0.29) is 6.10 Å². The van der Waals surface area contributed by atoms with E-state index in [1.54, 1.807) is 13.8 Å². The summed E-state index contributed by atoms with van der Waals surface area (Å²) in [5, 5.41) is 0. The third-order valence-electron chi connectivity index (χ3n) is 1.83. The maximum Gasteiger partial charge on any atom is 0.476 e. The van der Waals surface area contributed by atoms with Crippen LogP contribution in [0, 0.1) is 12.3 Å². The van der Waals surface area contributed by atoms with Crippen LogP contribution in [-0.2, 0) is 18.1 Å². The molecule has 5 heteroatoms. The van der Waals surface area contributed by atoms with Gasteiger partial charge in [0, 0.05) is 13.5 Å². The maximum atomic E-state index is 11.6. The fourth-order valence-corrected chi connectivity index (χ4v) is 2.62. The van der Waals surface area contributed by atoms with E-state index in [2.05, 4.69) is 10.4 Å². The van der Waals surface area contributed by atoms with Crippen molar-refractivity contribution in [2.45, 2.75) is 32.0 Å². The molecule has 0 aromatic heterocycles. The minimum atomic E-state index is -3.43. The fraction of sp³-hybridized carbons (Fsp3) is 0.750. The molecule has 0 bridgehead atoms. The predicted octanol–water partition coefficient (Wildman–Crippen LogP) is 1.96. The lowest BCUT2D eigenvalue weighted by molar-refractivity contribution is -0.0223. The normalized spacial score (nSPS) is 45.5. The van der Waals surface area contributed by atoms with Gasteiger partial charge in [0.25, 0.3) is 0 Å². The first-order valence-electron chi connectivity index (χ1n) is 3.96. The predicted molar refractivity (Wildman–Crippen MR) is 48.1 cm³/mol. The summed E-state index contributed by atoms with van der Waals surface area (Å²) in [5.41, 5.74) is -0.858. The van der Waals surface area contributed by atoms with Gasteiger partial charge in [0.05, 0.1) is 6.10 Å². The quantitative estimate of drug-likeness (QED) is 0.483. The van der Waals surface area contributed by atoms with Gasteiger partial charge in [0.15, 0.2) is 0 Å². The van der Waals surface area contributed by atoms with E-state index in [1.165, 1.54) is 7.11 Å². The molecular formula is C8H13O4P. The zero-order valence-corrected chi connectivity index (χ0v) is 8.84. The molecule has 1 rings (SSSR count). The molecule has 3 unspecified atom stereocenters. The molecule has 4 nitrogen and oxygen atoms in total. The van der Waals surface area contributed by atoms with Crippen molar-refractivity contribution in [1.29, 1.82) is 0 Å². The summed E-state index contributed by atoms with van der Waals surface area (Å²) in [7, 11) is -2.16. The Morgan fingerprint density at radius 2 is 2.38 bits per heavy atom. The average Bonchev–Trinajstić information content (AvgIpc) is 2.02. The van der Waals surface area contributed by atoms with Crippen molar-refractivity contribution in [3.8, 4) is 12.3 Å². The highest BCUT2D eigenvalue weighted by Gasteiger charge is 2.44. The van der Waals surface area contributed by atoms with Crippen molar-refractivity contribution < 1.29 is 18.1 Å². The van der Waals surface area contributed by atoms with E-state index in [9.17, 15) is 4.57 Å². The molecule has 3 atom stereocenters. The van der Waals surface area contributed by atoms with Crippen LogP contribution in [-0.4, -0.2) is 18.8 Å². The average molecular weight is 204 g/mol. The highest BCUT2D eigenvalue weighted by atomic mass is 31.2. The van der Waals surface area contributed by atoms with Gasteiger partial charge >= 0.3 is 7.82 Å². The van der Waals surface area contributed by atoms with Crippen LogP contribution in [0.1, 0.15) is 20.3 Å².